The molecule has 2 aromatic rings. The van der Waals surface area contributed by atoms with Crippen LogP contribution in [-0.4, -0.2) is 19.7 Å². The van der Waals surface area contributed by atoms with Gasteiger partial charge in [-0.1, -0.05) is 0 Å². The smallest absolute Gasteiger partial charge is 0.227 e. The Balaban J connectivity index is 2.44. The van der Waals surface area contributed by atoms with Gasteiger partial charge in [0, 0.05) is 11.6 Å². The third kappa shape index (κ3) is 1.06. The van der Waals surface area contributed by atoms with Crippen LogP contribution >= 0.6 is 11.3 Å². The van der Waals surface area contributed by atoms with E-state index in [2.05, 4.69) is 15.1 Å². The van der Waals surface area contributed by atoms with Crippen LogP contribution in [0.15, 0.2) is 17.9 Å². The molecule has 0 saturated heterocycles. The Kier molecular flexibility index (Phi) is 1.57. The van der Waals surface area contributed by atoms with Crippen molar-refractivity contribution < 1.29 is 0 Å². The van der Waals surface area contributed by atoms with Crippen molar-refractivity contribution in [2.45, 2.75) is 0 Å². The zero-order valence-electron chi connectivity index (χ0n) is 5.88. The number of thiazole rings is 1. The summed E-state index contributed by atoms with van der Waals surface area (Å²) in [6.07, 6.45) is 3.14. The number of nitriles is 1. The number of aromatic nitrogens is 4. The topological polar surface area (TPSA) is 67.4 Å². The van der Waals surface area contributed by atoms with Gasteiger partial charge in [-0.05, 0) is 0 Å². The highest BCUT2D eigenvalue weighted by atomic mass is 32.1. The summed E-state index contributed by atoms with van der Waals surface area (Å²) in [5.41, 5.74) is 0. The van der Waals surface area contributed by atoms with E-state index in [1.807, 2.05) is 11.4 Å². The van der Waals surface area contributed by atoms with Crippen LogP contribution in [0.3, 0.4) is 0 Å². The Morgan fingerprint density at radius 1 is 1.50 bits per heavy atom. The van der Waals surface area contributed by atoms with Gasteiger partial charge >= 0.3 is 0 Å². The Labute approximate surface area is 71.9 Å². The first-order chi connectivity index (χ1) is 5.90. The standard InChI is InChI=1S/C6H3N5S/c7-3-5-9-4-11(10-5)6-8-1-2-12-6/h1-2,4H. The normalized spacial score (nSPS) is 9.58. The number of hydrogen-bond acceptors (Lipinski definition) is 5. The van der Waals surface area contributed by atoms with Crippen LogP contribution in [0.1, 0.15) is 5.82 Å². The van der Waals surface area contributed by atoms with Crippen LogP contribution in [0.25, 0.3) is 5.13 Å². The van der Waals surface area contributed by atoms with E-state index in [0.717, 1.165) is 0 Å². The monoisotopic (exact) mass is 177 g/mol. The van der Waals surface area contributed by atoms with Gasteiger partial charge in [-0.2, -0.15) is 9.94 Å². The second-order valence-electron chi connectivity index (χ2n) is 1.94. The quantitative estimate of drug-likeness (QED) is 0.639. The fraction of sp³-hybridized carbons (Fsp3) is 0. The van der Waals surface area contributed by atoms with Crippen LogP contribution < -0.4 is 0 Å². The highest BCUT2D eigenvalue weighted by Gasteiger charge is 2.02. The molecule has 0 aliphatic rings. The zero-order chi connectivity index (χ0) is 8.39. The van der Waals surface area contributed by atoms with Gasteiger partial charge in [0.05, 0.1) is 0 Å². The summed E-state index contributed by atoms with van der Waals surface area (Å²) < 4.78 is 1.48. The van der Waals surface area contributed by atoms with E-state index in [1.165, 1.54) is 22.3 Å². The van der Waals surface area contributed by atoms with Crippen LogP contribution in [0.4, 0.5) is 0 Å². The molecule has 0 aliphatic carbocycles. The number of rotatable bonds is 1. The fourth-order valence-corrected chi connectivity index (χ4v) is 1.30. The van der Waals surface area contributed by atoms with E-state index in [4.69, 9.17) is 5.26 Å². The summed E-state index contributed by atoms with van der Waals surface area (Å²) in [6.45, 7) is 0. The zero-order valence-corrected chi connectivity index (χ0v) is 6.69. The van der Waals surface area contributed by atoms with E-state index in [9.17, 15) is 0 Å². The lowest BCUT2D eigenvalue weighted by Crippen LogP contribution is -1.93. The average molecular weight is 177 g/mol. The lowest BCUT2D eigenvalue weighted by Gasteiger charge is -1.88. The molecule has 0 N–H and O–H groups in total. The molecule has 0 fully saturated rings. The Morgan fingerprint density at radius 2 is 2.42 bits per heavy atom. The van der Waals surface area contributed by atoms with Crippen LogP contribution in [0.5, 0.6) is 0 Å². The Bertz CT molecular complexity index is 409. The fourth-order valence-electron chi connectivity index (χ4n) is 0.736. The molecule has 6 heteroatoms. The van der Waals surface area contributed by atoms with Gasteiger partial charge in [0.1, 0.15) is 12.4 Å². The van der Waals surface area contributed by atoms with Gasteiger partial charge in [-0.15, -0.1) is 16.4 Å². The van der Waals surface area contributed by atoms with Crippen molar-refractivity contribution in [1.29, 1.82) is 5.26 Å². The van der Waals surface area contributed by atoms with E-state index in [0.29, 0.717) is 5.13 Å². The summed E-state index contributed by atoms with van der Waals surface area (Å²) >= 11 is 1.44. The molecule has 2 rings (SSSR count). The predicted octanol–water partition coefficient (Wildman–Crippen LogP) is 0.595. The van der Waals surface area contributed by atoms with Crippen molar-refractivity contribution in [3.8, 4) is 11.2 Å². The highest BCUT2D eigenvalue weighted by Crippen LogP contribution is 2.08. The summed E-state index contributed by atoms with van der Waals surface area (Å²) in [4.78, 5) is 7.75. The van der Waals surface area contributed by atoms with E-state index < -0.39 is 0 Å². The molecule has 2 heterocycles. The predicted molar refractivity (Wildman–Crippen MR) is 41.7 cm³/mol. The van der Waals surface area contributed by atoms with Crippen molar-refractivity contribution >= 4 is 11.3 Å². The third-order valence-electron chi connectivity index (χ3n) is 1.21. The molecule has 0 unspecified atom stereocenters. The molecule has 12 heavy (non-hydrogen) atoms. The molecule has 58 valence electrons. The molecule has 0 bridgehead atoms. The SMILES string of the molecule is N#Cc1ncn(-c2nccs2)n1. The maximum absolute atomic E-state index is 8.44. The summed E-state index contributed by atoms with van der Waals surface area (Å²) in [7, 11) is 0. The van der Waals surface area contributed by atoms with Crippen molar-refractivity contribution in [3.63, 3.8) is 0 Å². The van der Waals surface area contributed by atoms with Gasteiger partial charge in [-0.25, -0.2) is 9.97 Å². The first kappa shape index (κ1) is 6.94. The largest absolute Gasteiger partial charge is 0.252 e. The van der Waals surface area contributed by atoms with Crippen molar-refractivity contribution in [2.24, 2.45) is 0 Å². The minimum absolute atomic E-state index is 0.158. The summed E-state index contributed by atoms with van der Waals surface area (Å²) in [6, 6.07) is 1.84. The molecule has 0 saturated carbocycles. The lowest BCUT2D eigenvalue weighted by molar-refractivity contribution is 0.862. The van der Waals surface area contributed by atoms with Gasteiger partial charge in [0.2, 0.25) is 5.13 Å². The summed E-state index contributed by atoms with van der Waals surface area (Å²) in [5.74, 6) is 0.158. The van der Waals surface area contributed by atoms with Gasteiger partial charge in [0.25, 0.3) is 5.82 Å². The van der Waals surface area contributed by atoms with Crippen molar-refractivity contribution in [1.82, 2.24) is 19.7 Å². The second kappa shape index (κ2) is 2.71. The van der Waals surface area contributed by atoms with E-state index >= 15 is 0 Å². The molecule has 5 nitrogen and oxygen atoms in total. The average Bonchev–Trinajstić information content (AvgIpc) is 2.75. The number of nitrogens with zero attached hydrogens (tertiary/aromatic N) is 5. The molecule has 0 aromatic carbocycles. The van der Waals surface area contributed by atoms with Crippen molar-refractivity contribution in [2.75, 3.05) is 0 Å². The maximum Gasteiger partial charge on any atom is 0.252 e. The maximum atomic E-state index is 8.44. The van der Waals surface area contributed by atoms with E-state index in [-0.39, 0.29) is 5.82 Å². The first-order valence-corrected chi connectivity index (χ1v) is 4.00. The molecule has 2 aromatic heterocycles. The minimum Gasteiger partial charge on any atom is -0.227 e. The second-order valence-corrected chi connectivity index (χ2v) is 2.81. The molecule has 0 spiro atoms. The first-order valence-electron chi connectivity index (χ1n) is 3.12. The van der Waals surface area contributed by atoms with Gasteiger partial charge < -0.3 is 0 Å². The number of hydrogen-bond donors (Lipinski definition) is 0. The molecule has 0 radical (unpaired) electrons. The van der Waals surface area contributed by atoms with Gasteiger partial charge in [0.15, 0.2) is 0 Å². The molecule has 0 amide bonds. The van der Waals surface area contributed by atoms with Crippen LogP contribution in [0, 0.1) is 11.3 Å². The summed E-state index contributed by atoms with van der Waals surface area (Å²) in [5, 5.41) is 14.9. The minimum atomic E-state index is 0.158. The Hall–Kier alpha value is -1.74. The highest BCUT2D eigenvalue weighted by molar-refractivity contribution is 7.12. The molecule has 0 aliphatic heterocycles. The van der Waals surface area contributed by atoms with E-state index in [1.54, 1.807) is 6.20 Å². The van der Waals surface area contributed by atoms with Crippen LogP contribution in [0.2, 0.25) is 0 Å². The lowest BCUT2D eigenvalue weighted by atomic mass is 10.7. The van der Waals surface area contributed by atoms with Gasteiger partial charge in [-0.3, -0.25) is 0 Å². The molecule has 0 atom stereocenters. The third-order valence-corrected chi connectivity index (χ3v) is 1.97. The van der Waals surface area contributed by atoms with Crippen LogP contribution in [-0.2, 0) is 0 Å². The molecular formula is C6H3N5S. The molecular weight excluding hydrogens is 174 g/mol. The Morgan fingerprint density at radius 3 is 3.00 bits per heavy atom. The van der Waals surface area contributed by atoms with Crippen molar-refractivity contribution in [3.05, 3.63) is 23.7 Å².